The van der Waals surface area contributed by atoms with Crippen LogP contribution in [0.3, 0.4) is 0 Å². The molecule has 1 atom stereocenters. The number of hydrogen-bond acceptors (Lipinski definition) is 4. The summed E-state index contributed by atoms with van der Waals surface area (Å²) >= 11 is 0. The molecular weight excluding hydrogens is 443 g/mol. The minimum Gasteiger partial charge on any atom is -0.481 e. The third-order valence-electron chi connectivity index (χ3n) is 6.22. The second-order valence-electron chi connectivity index (χ2n) is 8.99. The zero-order chi connectivity index (χ0) is 24.9. The highest BCUT2D eigenvalue weighted by Gasteiger charge is 2.34. The Hall–Kier alpha value is -2.58. The van der Waals surface area contributed by atoms with Gasteiger partial charge in [-0.15, -0.1) is 0 Å². The maximum atomic E-state index is 13.5. The Morgan fingerprint density at radius 3 is 2.53 bits per heavy atom. The number of ether oxygens (including phenoxy) is 1. The summed E-state index contributed by atoms with van der Waals surface area (Å²) in [7, 11) is 3.73. The maximum absolute atomic E-state index is 13.5. The van der Waals surface area contributed by atoms with Crippen molar-refractivity contribution < 1.29 is 22.7 Å². The van der Waals surface area contributed by atoms with E-state index < -0.39 is 17.8 Å². The smallest absolute Gasteiger partial charge is 0.416 e. The molecule has 0 N–H and O–H groups in total. The summed E-state index contributed by atoms with van der Waals surface area (Å²) in [5.74, 6) is 0.333. The molecule has 186 valence electrons. The Labute approximate surface area is 200 Å². The predicted molar refractivity (Wildman–Crippen MR) is 127 cm³/mol. The first-order valence-corrected chi connectivity index (χ1v) is 11.7. The predicted octanol–water partition coefficient (Wildman–Crippen LogP) is 4.44. The van der Waals surface area contributed by atoms with Gasteiger partial charge in [-0.25, -0.2) is 0 Å². The van der Waals surface area contributed by atoms with Crippen LogP contribution in [0.5, 0.6) is 5.75 Å². The van der Waals surface area contributed by atoms with E-state index in [1.807, 2.05) is 31.1 Å². The zero-order valence-electron chi connectivity index (χ0n) is 20.4. The van der Waals surface area contributed by atoms with Gasteiger partial charge in [-0.05, 0) is 57.2 Å². The lowest BCUT2D eigenvalue weighted by molar-refractivity contribution is -0.142. The first kappa shape index (κ1) is 26.0. The average Bonchev–Trinajstić information content (AvgIpc) is 2.80. The van der Waals surface area contributed by atoms with Crippen LogP contribution in [-0.4, -0.2) is 67.0 Å². The minimum atomic E-state index is -4.48. The van der Waals surface area contributed by atoms with Crippen LogP contribution >= 0.6 is 0 Å². The molecule has 1 amide bonds. The van der Waals surface area contributed by atoms with E-state index in [0.29, 0.717) is 18.8 Å². The van der Waals surface area contributed by atoms with Gasteiger partial charge in [0.05, 0.1) is 5.56 Å². The lowest BCUT2D eigenvalue weighted by Crippen LogP contribution is -2.43. The van der Waals surface area contributed by atoms with Crippen molar-refractivity contribution in [1.82, 2.24) is 14.7 Å². The number of amides is 1. The largest absolute Gasteiger partial charge is 0.481 e. The van der Waals surface area contributed by atoms with Crippen molar-refractivity contribution in [3.63, 3.8) is 0 Å². The molecule has 0 aromatic heterocycles. The standard InChI is InChI=1S/C26H34F3N3O2/c1-5-31-14-13-20-10-8-12-24(22(20)18-31)34-19(2)25(33)32(16-15-30(3)4)17-21-9-6-7-11-23(21)26(27,28)29/h6-12,19H,5,13-18H2,1-4H3. The summed E-state index contributed by atoms with van der Waals surface area (Å²) < 4.78 is 46.8. The van der Waals surface area contributed by atoms with Crippen LogP contribution in [0.1, 0.15) is 36.1 Å². The number of rotatable bonds is 9. The number of fused-ring (bicyclic) bond motifs is 1. The Morgan fingerprint density at radius 2 is 1.85 bits per heavy atom. The number of benzene rings is 2. The molecule has 0 saturated carbocycles. The average molecular weight is 478 g/mol. The summed E-state index contributed by atoms with van der Waals surface area (Å²) in [6, 6.07) is 11.3. The lowest BCUT2D eigenvalue weighted by atomic mass is 9.99. The van der Waals surface area contributed by atoms with Gasteiger partial charge in [-0.3, -0.25) is 9.69 Å². The highest BCUT2D eigenvalue weighted by molar-refractivity contribution is 5.81. The highest BCUT2D eigenvalue weighted by atomic mass is 19.4. The van der Waals surface area contributed by atoms with Crippen LogP contribution in [0.2, 0.25) is 0 Å². The monoisotopic (exact) mass is 477 g/mol. The third-order valence-corrected chi connectivity index (χ3v) is 6.22. The molecule has 2 aromatic rings. The molecule has 3 rings (SSSR count). The maximum Gasteiger partial charge on any atom is 0.416 e. The van der Waals surface area contributed by atoms with E-state index in [-0.39, 0.29) is 18.0 Å². The van der Waals surface area contributed by atoms with Gasteiger partial charge < -0.3 is 14.5 Å². The number of carbonyl (C=O) groups is 1. The second kappa shape index (κ2) is 11.2. The zero-order valence-corrected chi connectivity index (χ0v) is 20.4. The van der Waals surface area contributed by atoms with Gasteiger partial charge in [0.25, 0.3) is 5.91 Å². The summed E-state index contributed by atoms with van der Waals surface area (Å²) in [6.07, 6.45) is -4.39. The van der Waals surface area contributed by atoms with Crippen molar-refractivity contribution in [2.45, 2.75) is 45.6 Å². The molecule has 0 fully saturated rings. The Bertz CT molecular complexity index is 978. The van der Waals surface area contributed by atoms with E-state index in [4.69, 9.17) is 4.74 Å². The van der Waals surface area contributed by atoms with Crippen molar-refractivity contribution in [1.29, 1.82) is 0 Å². The molecular formula is C26H34F3N3O2. The van der Waals surface area contributed by atoms with Crippen molar-refractivity contribution in [3.05, 3.63) is 64.7 Å². The molecule has 0 spiro atoms. The molecule has 1 unspecified atom stereocenters. The molecule has 1 aliphatic heterocycles. The molecule has 0 aliphatic carbocycles. The molecule has 8 heteroatoms. The van der Waals surface area contributed by atoms with Crippen LogP contribution in [0.15, 0.2) is 42.5 Å². The van der Waals surface area contributed by atoms with Crippen LogP contribution in [0, 0.1) is 0 Å². The molecule has 1 aliphatic rings. The third kappa shape index (κ3) is 6.51. The Morgan fingerprint density at radius 1 is 1.12 bits per heavy atom. The van der Waals surface area contributed by atoms with Crippen LogP contribution in [0.4, 0.5) is 13.2 Å². The van der Waals surface area contributed by atoms with E-state index >= 15 is 0 Å². The van der Waals surface area contributed by atoms with Gasteiger partial charge in [0.1, 0.15) is 5.75 Å². The Kier molecular flexibility index (Phi) is 8.60. The van der Waals surface area contributed by atoms with Crippen molar-refractivity contribution in [2.24, 2.45) is 0 Å². The fourth-order valence-electron chi connectivity index (χ4n) is 4.21. The van der Waals surface area contributed by atoms with Gasteiger partial charge in [0.2, 0.25) is 0 Å². The van der Waals surface area contributed by atoms with Gasteiger partial charge in [0, 0.05) is 38.3 Å². The highest BCUT2D eigenvalue weighted by Crippen LogP contribution is 2.33. The molecule has 34 heavy (non-hydrogen) atoms. The number of alkyl halides is 3. The van der Waals surface area contributed by atoms with E-state index in [0.717, 1.165) is 37.7 Å². The number of halogens is 3. The fourth-order valence-corrected chi connectivity index (χ4v) is 4.21. The Balaban J connectivity index is 1.81. The summed E-state index contributed by atoms with van der Waals surface area (Å²) in [6.45, 7) is 7.14. The molecule has 5 nitrogen and oxygen atoms in total. The number of nitrogens with zero attached hydrogens (tertiary/aromatic N) is 3. The summed E-state index contributed by atoms with van der Waals surface area (Å²) in [5, 5.41) is 0. The van der Waals surface area contributed by atoms with Gasteiger partial charge in [0.15, 0.2) is 6.10 Å². The number of carbonyl (C=O) groups excluding carboxylic acids is 1. The minimum absolute atomic E-state index is 0.0741. The number of likely N-dealkylation sites (N-methyl/N-ethyl adjacent to an activating group) is 2. The van der Waals surface area contributed by atoms with Crippen LogP contribution in [-0.2, 0) is 30.5 Å². The molecule has 0 radical (unpaired) electrons. The van der Waals surface area contributed by atoms with Crippen LogP contribution in [0.25, 0.3) is 0 Å². The van der Waals surface area contributed by atoms with Crippen molar-refractivity contribution in [3.8, 4) is 5.75 Å². The van der Waals surface area contributed by atoms with Gasteiger partial charge in [-0.2, -0.15) is 13.2 Å². The number of hydrogen-bond donors (Lipinski definition) is 0. The molecule has 0 saturated heterocycles. The van der Waals surface area contributed by atoms with E-state index in [2.05, 4.69) is 17.9 Å². The first-order chi connectivity index (χ1) is 16.1. The quantitative estimate of drug-likeness (QED) is 0.535. The van der Waals surface area contributed by atoms with Gasteiger partial charge >= 0.3 is 6.18 Å². The molecule has 0 bridgehead atoms. The topological polar surface area (TPSA) is 36.0 Å². The van der Waals surface area contributed by atoms with E-state index in [1.165, 1.54) is 22.6 Å². The summed E-state index contributed by atoms with van der Waals surface area (Å²) in [5.41, 5.74) is 1.65. The molecule has 2 aromatic carbocycles. The van der Waals surface area contributed by atoms with Crippen molar-refractivity contribution in [2.75, 3.05) is 40.3 Å². The molecule has 1 heterocycles. The summed E-state index contributed by atoms with van der Waals surface area (Å²) in [4.78, 5) is 19.1. The SMILES string of the molecule is CCN1CCc2cccc(OC(C)C(=O)N(CCN(C)C)Cc3ccccc3C(F)(F)F)c2C1. The van der Waals surface area contributed by atoms with Crippen molar-refractivity contribution >= 4 is 5.91 Å². The fraction of sp³-hybridized carbons (Fsp3) is 0.500. The normalized spacial score (nSPS) is 15.2. The van der Waals surface area contributed by atoms with E-state index in [1.54, 1.807) is 13.0 Å². The van der Waals surface area contributed by atoms with Gasteiger partial charge in [-0.1, -0.05) is 37.3 Å². The van der Waals surface area contributed by atoms with E-state index in [9.17, 15) is 18.0 Å². The van der Waals surface area contributed by atoms with Crippen LogP contribution < -0.4 is 4.74 Å². The second-order valence-corrected chi connectivity index (χ2v) is 8.99. The first-order valence-electron chi connectivity index (χ1n) is 11.7. The lowest BCUT2D eigenvalue weighted by Gasteiger charge is -2.31.